The summed E-state index contributed by atoms with van der Waals surface area (Å²) in [5, 5.41) is 16.2. The number of urea groups is 1. The first-order valence-electron chi connectivity index (χ1n) is 4.93. The molecular formula is C11H7Cl2N2O3-. The molecule has 0 aromatic heterocycles. The number of aliphatic carboxylic acids is 1. The minimum atomic E-state index is -1.46. The van der Waals surface area contributed by atoms with E-state index >= 15 is 0 Å². The van der Waals surface area contributed by atoms with Crippen molar-refractivity contribution >= 4 is 35.2 Å². The normalized spacial score (nSPS) is 18.7. The zero-order valence-corrected chi connectivity index (χ0v) is 10.4. The molecule has 0 aliphatic carbocycles. The monoisotopic (exact) mass is 285 g/mol. The third-order valence-corrected chi connectivity index (χ3v) is 2.96. The highest BCUT2D eigenvalue weighted by Crippen LogP contribution is 2.28. The summed E-state index contributed by atoms with van der Waals surface area (Å²) in [5.41, 5.74) is 0.206. The molecule has 0 saturated carbocycles. The maximum Gasteiger partial charge on any atom is 0.320 e. The molecule has 0 unspecified atom stereocenters. The highest BCUT2D eigenvalue weighted by Gasteiger charge is 2.22. The first-order chi connectivity index (χ1) is 8.47. The summed E-state index contributed by atoms with van der Waals surface area (Å²) in [5.74, 6) is -1.46. The van der Waals surface area contributed by atoms with Crippen LogP contribution in [0.1, 0.15) is 11.6 Å². The molecule has 1 aromatic rings. The van der Waals surface area contributed by atoms with Gasteiger partial charge in [0.25, 0.3) is 0 Å². The molecule has 2 amide bonds. The summed E-state index contributed by atoms with van der Waals surface area (Å²) in [7, 11) is 0. The van der Waals surface area contributed by atoms with Crippen LogP contribution >= 0.6 is 23.2 Å². The van der Waals surface area contributed by atoms with E-state index in [1.165, 1.54) is 6.08 Å². The highest BCUT2D eigenvalue weighted by atomic mass is 35.5. The number of carboxylic acid groups (broad SMARTS) is 1. The molecule has 0 bridgehead atoms. The lowest BCUT2D eigenvalue weighted by atomic mass is 10.0. The fourth-order valence-corrected chi connectivity index (χ4v) is 2.00. The molecule has 1 aliphatic rings. The van der Waals surface area contributed by atoms with Crippen molar-refractivity contribution in [1.82, 2.24) is 10.6 Å². The van der Waals surface area contributed by atoms with Crippen LogP contribution < -0.4 is 15.7 Å². The average molecular weight is 286 g/mol. The zero-order valence-electron chi connectivity index (χ0n) is 8.87. The Bertz CT molecular complexity index is 557. The largest absolute Gasteiger partial charge is 0.543 e. The lowest BCUT2D eigenvalue weighted by Gasteiger charge is -2.25. The molecule has 18 heavy (non-hydrogen) atoms. The summed E-state index contributed by atoms with van der Waals surface area (Å²) in [6.07, 6.45) is 1.30. The van der Waals surface area contributed by atoms with Gasteiger partial charge in [-0.2, -0.15) is 0 Å². The number of carbonyl (C=O) groups excluding carboxylic acids is 2. The maximum atomic E-state index is 11.3. The standard InChI is InChI=1S/C11H8Cl2N2O3/c12-5-1-2-7(13)6(3-5)8-4-9(10(16)17)15-11(18)14-8/h1-4,8H,(H,16,17)(H2,14,15,18)/p-1/t8-/m0/s1. The SMILES string of the molecule is O=C1NC(C(=O)[O-])=C[C@@H](c2cc(Cl)ccc2Cl)N1. The third-order valence-electron chi connectivity index (χ3n) is 2.38. The van der Waals surface area contributed by atoms with Crippen LogP contribution in [0, 0.1) is 0 Å². The number of hydrogen-bond acceptors (Lipinski definition) is 3. The van der Waals surface area contributed by atoms with Gasteiger partial charge in [-0.3, -0.25) is 0 Å². The number of benzene rings is 1. The van der Waals surface area contributed by atoms with Crippen LogP contribution in [0.2, 0.25) is 10.0 Å². The van der Waals surface area contributed by atoms with Gasteiger partial charge in [-0.15, -0.1) is 0 Å². The first kappa shape index (κ1) is 12.7. The van der Waals surface area contributed by atoms with Crippen LogP contribution in [0.4, 0.5) is 4.79 Å². The van der Waals surface area contributed by atoms with Gasteiger partial charge in [0.1, 0.15) is 0 Å². The lowest BCUT2D eigenvalue weighted by molar-refractivity contribution is -0.299. The minimum Gasteiger partial charge on any atom is -0.543 e. The first-order valence-corrected chi connectivity index (χ1v) is 5.68. The molecule has 0 radical (unpaired) electrons. The van der Waals surface area contributed by atoms with Crippen LogP contribution in [0.5, 0.6) is 0 Å². The van der Waals surface area contributed by atoms with E-state index in [1.54, 1.807) is 18.2 Å². The van der Waals surface area contributed by atoms with Gasteiger partial charge in [0, 0.05) is 10.0 Å². The summed E-state index contributed by atoms with van der Waals surface area (Å²) in [4.78, 5) is 22.1. The molecule has 0 fully saturated rings. The molecule has 1 aromatic carbocycles. The Hall–Kier alpha value is -1.72. The Labute approximate surface area is 112 Å². The molecule has 1 atom stereocenters. The average Bonchev–Trinajstić information content (AvgIpc) is 2.31. The molecule has 7 heteroatoms. The van der Waals surface area contributed by atoms with Crippen LogP contribution in [-0.4, -0.2) is 12.0 Å². The number of halogens is 2. The van der Waals surface area contributed by atoms with Crippen molar-refractivity contribution in [3.05, 3.63) is 45.6 Å². The second-order valence-electron chi connectivity index (χ2n) is 3.61. The van der Waals surface area contributed by atoms with Gasteiger partial charge < -0.3 is 20.5 Å². The van der Waals surface area contributed by atoms with Crippen molar-refractivity contribution in [2.24, 2.45) is 0 Å². The molecule has 2 rings (SSSR count). The molecule has 94 valence electrons. The van der Waals surface area contributed by atoms with Crippen molar-refractivity contribution in [3.63, 3.8) is 0 Å². The van der Waals surface area contributed by atoms with E-state index in [4.69, 9.17) is 23.2 Å². The quantitative estimate of drug-likeness (QED) is 0.850. The summed E-state index contributed by atoms with van der Waals surface area (Å²) in [6.45, 7) is 0. The second kappa shape index (κ2) is 4.88. The molecule has 0 saturated heterocycles. The van der Waals surface area contributed by atoms with E-state index in [0.29, 0.717) is 15.6 Å². The number of carboxylic acids is 1. The Morgan fingerprint density at radius 1 is 1.33 bits per heavy atom. The fraction of sp³-hybridized carbons (Fsp3) is 0.0909. The van der Waals surface area contributed by atoms with E-state index in [2.05, 4.69) is 10.6 Å². The van der Waals surface area contributed by atoms with Crippen LogP contribution in [0.15, 0.2) is 30.0 Å². The van der Waals surface area contributed by atoms with Gasteiger partial charge in [0.2, 0.25) is 0 Å². The van der Waals surface area contributed by atoms with Crippen molar-refractivity contribution in [2.45, 2.75) is 6.04 Å². The topological polar surface area (TPSA) is 81.3 Å². The molecule has 5 nitrogen and oxygen atoms in total. The zero-order chi connectivity index (χ0) is 13.3. The van der Waals surface area contributed by atoms with Gasteiger partial charge in [-0.25, -0.2) is 4.79 Å². The van der Waals surface area contributed by atoms with E-state index in [9.17, 15) is 14.7 Å². The second-order valence-corrected chi connectivity index (χ2v) is 4.45. The number of nitrogens with one attached hydrogen (secondary N) is 2. The van der Waals surface area contributed by atoms with E-state index in [1.807, 2.05) is 0 Å². The Morgan fingerprint density at radius 2 is 2.06 bits per heavy atom. The van der Waals surface area contributed by atoms with E-state index in [0.717, 1.165) is 0 Å². The number of hydrogen-bond donors (Lipinski definition) is 2. The van der Waals surface area contributed by atoms with Gasteiger partial charge in [-0.05, 0) is 29.8 Å². The van der Waals surface area contributed by atoms with Crippen LogP contribution in [-0.2, 0) is 4.79 Å². The number of rotatable bonds is 2. The molecule has 0 spiro atoms. The number of amides is 2. The van der Waals surface area contributed by atoms with Gasteiger partial charge in [0.15, 0.2) is 0 Å². The maximum absolute atomic E-state index is 11.3. The van der Waals surface area contributed by atoms with Crippen LogP contribution in [0.3, 0.4) is 0 Å². The summed E-state index contributed by atoms with van der Waals surface area (Å²) in [6, 6.07) is 3.42. The lowest BCUT2D eigenvalue weighted by Crippen LogP contribution is -2.46. The number of carbonyl (C=O) groups is 2. The molecular weight excluding hydrogens is 279 g/mol. The van der Waals surface area contributed by atoms with Crippen molar-refractivity contribution < 1.29 is 14.7 Å². The summed E-state index contributed by atoms with van der Waals surface area (Å²) < 4.78 is 0. The Balaban J connectivity index is 2.43. The Morgan fingerprint density at radius 3 is 2.72 bits per heavy atom. The minimum absolute atomic E-state index is 0.306. The Kier molecular flexibility index (Phi) is 3.45. The molecule has 2 N–H and O–H groups in total. The fourth-order valence-electron chi connectivity index (χ4n) is 1.59. The highest BCUT2D eigenvalue weighted by molar-refractivity contribution is 6.33. The van der Waals surface area contributed by atoms with Crippen molar-refractivity contribution in [3.8, 4) is 0 Å². The predicted molar refractivity (Wildman–Crippen MR) is 64.0 cm³/mol. The van der Waals surface area contributed by atoms with E-state index < -0.39 is 18.0 Å². The van der Waals surface area contributed by atoms with Crippen molar-refractivity contribution in [2.75, 3.05) is 0 Å². The van der Waals surface area contributed by atoms with E-state index in [-0.39, 0.29) is 5.70 Å². The predicted octanol–water partition coefficient (Wildman–Crippen LogP) is 0.981. The third kappa shape index (κ3) is 2.57. The van der Waals surface area contributed by atoms with Gasteiger partial charge in [0.05, 0.1) is 17.7 Å². The van der Waals surface area contributed by atoms with Crippen LogP contribution in [0.25, 0.3) is 0 Å². The summed E-state index contributed by atoms with van der Waals surface area (Å²) >= 11 is 11.8. The van der Waals surface area contributed by atoms with Gasteiger partial charge in [-0.1, -0.05) is 23.2 Å². The van der Waals surface area contributed by atoms with Gasteiger partial charge >= 0.3 is 6.03 Å². The molecule has 1 aliphatic heterocycles. The van der Waals surface area contributed by atoms with Crippen molar-refractivity contribution in [1.29, 1.82) is 0 Å². The molecule has 1 heterocycles. The smallest absolute Gasteiger partial charge is 0.320 e.